The average Bonchev–Trinajstić information content (AvgIpc) is 2.59. The summed E-state index contributed by atoms with van der Waals surface area (Å²) in [6, 6.07) is 0. The fourth-order valence-electron chi connectivity index (χ4n) is 2.83. The second-order valence-corrected chi connectivity index (χ2v) is 5.97. The van der Waals surface area contributed by atoms with Gasteiger partial charge >= 0.3 is 0 Å². The van der Waals surface area contributed by atoms with Crippen LogP contribution in [0.3, 0.4) is 0 Å². The van der Waals surface area contributed by atoms with E-state index in [1.165, 1.54) is 0 Å². The van der Waals surface area contributed by atoms with Crippen LogP contribution in [0.25, 0.3) is 0 Å². The van der Waals surface area contributed by atoms with E-state index in [0.717, 1.165) is 39.0 Å². The third-order valence-corrected chi connectivity index (χ3v) is 4.60. The zero-order chi connectivity index (χ0) is 11.7. The summed E-state index contributed by atoms with van der Waals surface area (Å²) in [5.74, 6) is 2.09. The molecule has 1 saturated heterocycles. The molecule has 0 bridgehead atoms. The first kappa shape index (κ1) is 12.2. The third kappa shape index (κ3) is 2.54. The smallest absolute Gasteiger partial charge is 0.225 e. The molecule has 0 N–H and O–H groups in total. The fourth-order valence-corrected chi connectivity index (χ4v) is 3.01. The maximum absolute atomic E-state index is 12.3. The van der Waals surface area contributed by atoms with Gasteiger partial charge in [0.2, 0.25) is 5.91 Å². The first-order valence-corrected chi connectivity index (χ1v) is 6.70. The molecule has 1 aliphatic carbocycles. The van der Waals surface area contributed by atoms with Crippen molar-refractivity contribution in [3.63, 3.8) is 0 Å². The molecule has 0 aromatic heterocycles. The maximum Gasteiger partial charge on any atom is 0.225 e. The van der Waals surface area contributed by atoms with Crippen LogP contribution in [0.15, 0.2) is 0 Å². The van der Waals surface area contributed by atoms with Gasteiger partial charge in [0.25, 0.3) is 0 Å². The van der Waals surface area contributed by atoms with Crippen molar-refractivity contribution < 1.29 is 4.79 Å². The van der Waals surface area contributed by atoms with Crippen LogP contribution >= 0.6 is 12.8 Å². The maximum atomic E-state index is 12.3. The summed E-state index contributed by atoms with van der Waals surface area (Å²) in [6.07, 6.45) is 2.17. The van der Waals surface area contributed by atoms with Gasteiger partial charge in [-0.3, -0.25) is 4.79 Å². The Morgan fingerprint density at radius 3 is 2.06 bits per heavy atom. The van der Waals surface area contributed by atoms with Crippen molar-refractivity contribution in [3.05, 3.63) is 0 Å². The topological polar surface area (TPSA) is 23.6 Å². The van der Waals surface area contributed by atoms with E-state index in [2.05, 4.69) is 26.7 Å². The van der Waals surface area contributed by atoms with Gasteiger partial charge in [0, 0.05) is 32.1 Å². The van der Waals surface area contributed by atoms with E-state index in [9.17, 15) is 4.79 Å². The largest absolute Gasteiger partial charge is 0.340 e. The zero-order valence-electron chi connectivity index (χ0n) is 10.2. The number of piperazine rings is 1. The van der Waals surface area contributed by atoms with E-state index in [1.54, 1.807) is 0 Å². The number of hydrogen-bond donors (Lipinski definition) is 1. The van der Waals surface area contributed by atoms with Gasteiger partial charge in [-0.05, 0) is 24.7 Å². The standard InChI is InChI=1S/C12H22N2OS/c1-9-7-11(8-10(9)2)12(15)13-3-5-14(16)6-4-13/h9-11,16H,3-8H2,1-2H3. The monoisotopic (exact) mass is 242 g/mol. The van der Waals surface area contributed by atoms with Crippen LogP contribution in [0.1, 0.15) is 26.7 Å². The Hall–Kier alpha value is -0.220. The summed E-state index contributed by atoms with van der Waals surface area (Å²) in [7, 11) is 0. The van der Waals surface area contributed by atoms with Crippen LogP contribution in [0.4, 0.5) is 0 Å². The molecule has 2 aliphatic rings. The summed E-state index contributed by atoms with van der Waals surface area (Å²) in [6.45, 7) is 8.02. The highest BCUT2D eigenvalue weighted by molar-refractivity contribution is 7.77. The predicted octanol–water partition coefficient (Wildman–Crippen LogP) is 1.66. The molecule has 1 aliphatic heterocycles. The molecule has 2 atom stereocenters. The first-order valence-electron chi connectivity index (χ1n) is 6.30. The molecule has 2 fully saturated rings. The van der Waals surface area contributed by atoms with Crippen LogP contribution in [0.5, 0.6) is 0 Å². The summed E-state index contributed by atoms with van der Waals surface area (Å²) >= 11 is 4.30. The summed E-state index contributed by atoms with van der Waals surface area (Å²) < 4.78 is 1.99. The summed E-state index contributed by atoms with van der Waals surface area (Å²) in [4.78, 5) is 14.3. The highest BCUT2D eigenvalue weighted by Crippen LogP contribution is 2.36. The molecule has 1 heterocycles. The Morgan fingerprint density at radius 2 is 1.56 bits per heavy atom. The van der Waals surface area contributed by atoms with Gasteiger partial charge in [0.1, 0.15) is 0 Å². The van der Waals surface area contributed by atoms with Gasteiger partial charge in [-0.25, -0.2) is 4.31 Å². The van der Waals surface area contributed by atoms with Crippen molar-refractivity contribution in [3.8, 4) is 0 Å². The number of rotatable bonds is 1. The molecule has 2 rings (SSSR count). The molecule has 92 valence electrons. The minimum Gasteiger partial charge on any atom is -0.340 e. The molecule has 0 radical (unpaired) electrons. The first-order chi connectivity index (χ1) is 7.58. The van der Waals surface area contributed by atoms with Crippen molar-refractivity contribution in [2.24, 2.45) is 17.8 Å². The summed E-state index contributed by atoms with van der Waals surface area (Å²) in [5.41, 5.74) is 0. The van der Waals surface area contributed by atoms with Gasteiger partial charge in [0.15, 0.2) is 0 Å². The Morgan fingerprint density at radius 1 is 1.06 bits per heavy atom. The molecule has 2 unspecified atom stereocenters. The van der Waals surface area contributed by atoms with Crippen LogP contribution in [-0.4, -0.2) is 41.3 Å². The molecule has 0 aromatic carbocycles. The predicted molar refractivity (Wildman–Crippen MR) is 68.2 cm³/mol. The van der Waals surface area contributed by atoms with Crippen molar-refractivity contribution >= 4 is 18.7 Å². The van der Waals surface area contributed by atoms with E-state index >= 15 is 0 Å². The Labute approximate surface area is 104 Å². The number of carbonyl (C=O) groups is 1. The molecular weight excluding hydrogens is 220 g/mol. The number of nitrogens with zero attached hydrogens (tertiary/aromatic N) is 2. The van der Waals surface area contributed by atoms with Gasteiger partial charge in [-0.15, -0.1) is 0 Å². The normalized spacial score (nSPS) is 36.7. The third-order valence-electron chi connectivity index (χ3n) is 4.20. The van der Waals surface area contributed by atoms with Gasteiger partial charge < -0.3 is 4.90 Å². The highest BCUT2D eigenvalue weighted by atomic mass is 32.1. The zero-order valence-corrected chi connectivity index (χ0v) is 11.1. The SMILES string of the molecule is CC1CC(C(=O)N2CCN(S)CC2)CC1C. The van der Waals surface area contributed by atoms with E-state index in [-0.39, 0.29) is 5.92 Å². The van der Waals surface area contributed by atoms with E-state index in [4.69, 9.17) is 0 Å². The van der Waals surface area contributed by atoms with Crippen LogP contribution in [0, 0.1) is 17.8 Å². The molecule has 1 amide bonds. The lowest BCUT2D eigenvalue weighted by Gasteiger charge is -2.33. The van der Waals surface area contributed by atoms with Gasteiger partial charge in [-0.2, -0.15) is 0 Å². The van der Waals surface area contributed by atoms with Crippen molar-refractivity contribution in [2.75, 3.05) is 26.2 Å². The number of amides is 1. The van der Waals surface area contributed by atoms with E-state index in [1.807, 2.05) is 9.21 Å². The molecule has 3 nitrogen and oxygen atoms in total. The lowest BCUT2D eigenvalue weighted by Crippen LogP contribution is -2.47. The Balaban J connectivity index is 1.88. The molecular formula is C12H22N2OS. The second kappa shape index (κ2) is 4.96. The van der Waals surface area contributed by atoms with Crippen molar-refractivity contribution in [2.45, 2.75) is 26.7 Å². The molecule has 1 saturated carbocycles. The summed E-state index contributed by atoms with van der Waals surface area (Å²) in [5, 5.41) is 0. The average molecular weight is 242 g/mol. The second-order valence-electron chi connectivity index (χ2n) is 5.40. The number of hydrogen-bond acceptors (Lipinski definition) is 3. The fraction of sp³-hybridized carbons (Fsp3) is 0.917. The lowest BCUT2D eigenvalue weighted by atomic mass is 10.0. The van der Waals surface area contributed by atoms with Crippen LogP contribution in [-0.2, 0) is 4.79 Å². The van der Waals surface area contributed by atoms with Gasteiger partial charge in [-0.1, -0.05) is 26.7 Å². The molecule has 0 aromatic rings. The minimum atomic E-state index is 0.288. The quantitative estimate of drug-likeness (QED) is 0.707. The van der Waals surface area contributed by atoms with Crippen LogP contribution in [0.2, 0.25) is 0 Å². The lowest BCUT2D eigenvalue weighted by molar-refractivity contribution is -0.136. The van der Waals surface area contributed by atoms with Gasteiger partial charge in [0.05, 0.1) is 0 Å². The van der Waals surface area contributed by atoms with Crippen molar-refractivity contribution in [1.82, 2.24) is 9.21 Å². The van der Waals surface area contributed by atoms with E-state index in [0.29, 0.717) is 17.7 Å². The molecule has 0 spiro atoms. The Bertz CT molecular complexity index is 254. The Kier molecular flexibility index (Phi) is 3.80. The number of carbonyl (C=O) groups excluding carboxylic acids is 1. The number of thiol groups is 1. The highest BCUT2D eigenvalue weighted by Gasteiger charge is 2.35. The molecule has 4 heteroatoms. The van der Waals surface area contributed by atoms with E-state index < -0.39 is 0 Å². The van der Waals surface area contributed by atoms with Crippen molar-refractivity contribution in [1.29, 1.82) is 0 Å². The van der Waals surface area contributed by atoms with Crippen LogP contribution < -0.4 is 0 Å². The minimum absolute atomic E-state index is 0.288. The molecule has 16 heavy (non-hydrogen) atoms.